The van der Waals surface area contributed by atoms with E-state index in [9.17, 15) is 14.4 Å². The topological polar surface area (TPSA) is 69.7 Å². The number of Topliss-reactive ketones (excluding diaryl/α,β-unsaturated/α-hetero) is 1. The van der Waals surface area contributed by atoms with Crippen LogP contribution in [0.1, 0.15) is 66.2 Å². The summed E-state index contributed by atoms with van der Waals surface area (Å²) < 4.78 is 9.28. The van der Waals surface area contributed by atoms with Crippen molar-refractivity contribution in [2.45, 2.75) is 66.2 Å². The molecule has 0 aliphatic rings. The molecule has 0 saturated carbocycles. The fraction of sp³-hybridized carbons (Fsp3) is 0.800. The number of hydrogen-bond acceptors (Lipinski definition) is 5. The van der Waals surface area contributed by atoms with Crippen LogP contribution in [0.5, 0.6) is 0 Å². The van der Waals surface area contributed by atoms with Gasteiger partial charge >= 0.3 is 11.9 Å². The Morgan fingerprint density at radius 2 is 1.35 bits per heavy atom. The lowest BCUT2D eigenvalue weighted by atomic mass is 10.2. The van der Waals surface area contributed by atoms with Gasteiger partial charge in [0.05, 0.1) is 13.2 Å². The van der Waals surface area contributed by atoms with Gasteiger partial charge in [-0.2, -0.15) is 0 Å². The quantitative estimate of drug-likeness (QED) is 0.370. The number of hydrogen-bond donors (Lipinski definition) is 0. The molecular weight excluding hydrogens is 260 g/mol. The van der Waals surface area contributed by atoms with Crippen LogP contribution in [-0.4, -0.2) is 30.9 Å². The van der Waals surface area contributed by atoms with E-state index in [1.807, 2.05) is 6.92 Å². The van der Waals surface area contributed by atoms with Gasteiger partial charge in [-0.1, -0.05) is 26.2 Å². The van der Waals surface area contributed by atoms with Crippen molar-refractivity contribution in [3.8, 4) is 0 Å². The van der Waals surface area contributed by atoms with Gasteiger partial charge in [0.15, 0.2) is 0 Å². The SMILES string of the molecule is CCCCCCC(=O)OCC.CCOC(=O)CC(C)=O. The van der Waals surface area contributed by atoms with Crippen LogP contribution in [0.25, 0.3) is 0 Å². The van der Waals surface area contributed by atoms with E-state index in [1.165, 1.54) is 19.8 Å². The van der Waals surface area contributed by atoms with Gasteiger partial charge in [-0.25, -0.2) is 0 Å². The maximum Gasteiger partial charge on any atom is 0.313 e. The van der Waals surface area contributed by atoms with Crippen LogP contribution >= 0.6 is 0 Å². The molecule has 0 radical (unpaired) electrons. The van der Waals surface area contributed by atoms with Crippen molar-refractivity contribution in [3.05, 3.63) is 0 Å². The average molecular weight is 288 g/mol. The van der Waals surface area contributed by atoms with Gasteiger partial charge in [0.25, 0.3) is 0 Å². The van der Waals surface area contributed by atoms with Gasteiger partial charge in [0.2, 0.25) is 0 Å². The molecule has 118 valence electrons. The Balaban J connectivity index is 0. The Hall–Kier alpha value is -1.39. The van der Waals surface area contributed by atoms with Crippen LogP contribution in [0, 0.1) is 0 Å². The lowest BCUT2D eigenvalue weighted by molar-refractivity contribution is -0.145. The molecule has 0 saturated heterocycles. The molecule has 0 atom stereocenters. The molecular formula is C15H28O5. The molecule has 5 heteroatoms. The summed E-state index contributed by atoms with van der Waals surface area (Å²) in [6.07, 6.45) is 5.05. The fourth-order valence-corrected chi connectivity index (χ4v) is 1.34. The second kappa shape index (κ2) is 15.7. The molecule has 5 nitrogen and oxygen atoms in total. The van der Waals surface area contributed by atoms with Gasteiger partial charge in [0.1, 0.15) is 12.2 Å². The molecule has 0 bridgehead atoms. The lowest BCUT2D eigenvalue weighted by Gasteiger charge is -2.00. The fourth-order valence-electron chi connectivity index (χ4n) is 1.34. The zero-order chi connectivity index (χ0) is 15.8. The van der Waals surface area contributed by atoms with Gasteiger partial charge in [-0.15, -0.1) is 0 Å². The lowest BCUT2D eigenvalue weighted by Crippen LogP contribution is -2.07. The Morgan fingerprint density at radius 3 is 1.80 bits per heavy atom. The van der Waals surface area contributed by atoms with Crippen LogP contribution in [0.2, 0.25) is 0 Å². The maximum absolute atomic E-state index is 10.8. The first-order valence-electron chi connectivity index (χ1n) is 7.28. The standard InChI is InChI=1S/C9H18O2.C6H10O3/c1-3-5-6-7-8-9(10)11-4-2;1-3-9-6(8)4-5(2)7/h3-8H2,1-2H3;3-4H2,1-2H3. The molecule has 0 N–H and O–H groups in total. The molecule has 0 aromatic heterocycles. The van der Waals surface area contributed by atoms with Crippen molar-refractivity contribution in [2.75, 3.05) is 13.2 Å². The normalized spacial score (nSPS) is 9.20. The molecule has 0 unspecified atom stereocenters. The highest BCUT2D eigenvalue weighted by molar-refractivity contribution is 5.94. The molecule has 20 heavy (non-hydrogen) atoms. The summed E-state index contributed by atoms with van der Waals surface area (Å²) in [4.78, 5) is 31.4. The minimum Gasteiger partial charge on any atom is -0.466 e. The van der Waals surface area contributed by atoms with Gasteiger partial charge in [-0.05, 0) is 27.2 Å². The van der Waals surface area contributed by atoms with Crippen LogP contribution < -0.4 is 0 Å². The zero-order valence-corrected chi connectivity index (χ0v) is 13.2. The van der Waals surface area contributed by atoms with E-state index in [4.69, 9.17) is 4.74 Å². The minimum atomic E-state index is -0.440. The third-order valence-electron chi connectivity index (χ3n) is 2.24. The van der Waals surface area contributed by atoms with Crippen molar-refractivity contribution >= 4 is 17.7 Å². The Kier molecular flexibility index (Phi) is 16.4. The smallest absolute Gasteiger partial charge is 0.313 e. The van der Waals surface area contributed by atoms with Gasteiger partial charge < -0.3 is 9.47 Å². The van der Waals surface area contributed by atoms with Crippen molar-refractivity contribution in [1.82, 2.24) is 0 Å². The van der Waals surface area contributed by atoms with E-state index >= 15 is 0 Å². The Morgan fingerprint density at radius 1 is 0.800 bits per heavy atom. The molecule has 0 rings (SSSR count). The van der Waals surface area contributed by atoms with Gasteiger partial charge in [-0.3, -0.25) is 14.4 Å². The Labute approximate surface area is 122 Å². The summed E-state index contributed by atoms with van der Waals surface area (Å²) in [5, 5.41) is 0. The van der Waals surface area contributed by atoms with Crippen LogP contribution in [0.4, 0.5) is 0 Å². The van der Waals surface area contributed by atoms with Crippen molar-refractivity contribution < 1.29 is 23.9 Å². The van der Waals surface area contributed by atoms with Crippen LogP contribution in [0.3, 0.4) is 0 Å². The summed E-state index contributed by atoms with van der Waals surface area (Å²) in [7, 11) is 0. The molecule has 0 aromatic rings. The minimum absolute atomic E-state index is 0.0522. The largest absolute Gasteiger partial charge is 0.466 e. The van der Waals surface area contributed by atoms with E-state index in [0.29, 0.717) is 19.6 Å². The van der Waals surface area contributed by atoms with Crippen molar-refractivity contribution in [2.24, 2.45) is 0 Å². The number of rotatable bonds is 9. The highest BCUT2D eigenvalue weighted by Gasteiger charge is 2.03. The summed E-state index contributed by atoms with van der Waals surface area (Å²) in [6.45, 7) is 7.90. The second-order valence-electron chi connectivity index (χ2n) is 4.30. The Bertz CT molecular complexity index is 273. The predicted octanol–water partition coefficient (Wildman–Crippen LogP) is 3.05. The van der Waals surface area contributed by atoms with Crippen molar-refractivity contribution in [1.29, 1.82) is 0 Å². The first-order valence-corrected chi connectivity index (χ1v) is 7.28. The van der Waals surface area contributed by atoms with E-state index in [-0.39, 0.29) is 18.2 Å². The third-order valence-corrected chi connectivity index (χ3v) is 2.24. The number of ketones is 1. The van der Waals surface area contributed by atoms with E-state index in [2.05, 4.69) is 11.7 Å². The molecule has 0 aliphatic heterocycles. The van der Waals surface area contributed by atoms with Crippen LogP contribution in [-0.2, 0) is 23.9 Å². The monoisotopic (exact) mass is 288 g/mol. The molecule has 0 amide bonds. The van der Waals surface area contributed by atoms with Crippen molar-refractivity contribution in [3.63, 3.8) is 0 Å². The maximum atomic E-state index is 10.8. The second-order valence-corrected chi connectivity index (χ2v) is 4.30. The van der Waals surface area contributed by atoms with Gasteiger partial charge in [0, 0.05) is 6.42 Å². The van der Waals surface area contributed by atoms with Crippen LogP contribution in [0.15, 0.2) is 0 Å². The number of unbranched alkanes of at least 4 members (excludes halogenated alkanes) is 3. The highest BCUT2D eigenvalue weighted by Crippen LogP contribution is 2.02. The highest BCUT2D eigenvalue weighted by atomic mass is 16.5. The molecule has 0 spiro atoms. The van der Waals surface area contributed by atoms with E-state index in [0.717, 1.165) is 12.8 Å². The number of esters is 2. The summed E-state index contributed by atoms with van der Waals surface area (Å²) in [5.41, 5.74) is 0. The zero-order valence-electron chi connectivity index (χ0n) is 13.2. The summed E-state index contributed by atoms with van der Waals surface area (Å²) in [5.74, 6) is -0.651. The molecule has 0 fully saturated rings. The van der Waals surface area contributed by atoms with E-state index in [1.54, 1.807) is 6.92 Å². The van der Waals surface area contributed by atoms with E-state index < -0.39 is 5.97 Å². The average Bonchev–Trinajstić information content (AvgIpc) is 2.35. The molecule has 0 heterocycles. The molecule has 0 aromatic carbocycles. The number of ether oxygens (including phenoxy) is 2. The molecule has 0 aliphatic carbocycles. The number of carbonyl (C=O) groups excluding carboxylic acids is 3. The predicted molar refractivity (Wildman–Crippen MR) is 77.3 cm³/mol. The first kappa shape index (κ1) is 20.9. The number of carbonyl (C=O) groups is 3. The third kappa shape index (κ3) is 19.0. The summed E-state index contributed by atoms with van der Waals surface area (Å²) in [6, 6.07) is 0. The first-order chi connectivity index (χ1) is 9.47. The summed E-state index contributed by atoms with van der Waals surface area (Å²) >= 11 is 0.